The molecule has 102 valence electrons. The highest BCUT2D eigenvalue weighted by Gasteiger charge is 2.39. The third-order valence-electron chi connectivity index (χ3n) is 3.50. The molecule has 0 radical (unpaired) electrons. The molecule has 0 heterocycles. The zero-order valence-corrected chi connectivity index (χ0v) is 11.0. The minimum atomic E-state index is -0.168. The molecule has 4 heteroatoms. The first-order valence-corrected chi connectivity index (χ1v) is 6.70. The highest BCUT2D eigenvalue weighted by atomic mass is 16.2. The first-order valence-electron chi connectivity index (χ1n) is 6.70. The van der Waals surface area contributed by atoms with Crippen LogP contribution in [0.4, 0.5) is 16.2 Å². The van der Waals surface area contributed by atoms with Crippen molar-refractivity contribution in [3.8, 4) is 0 Å². The van der Waals surface area contributed by atoms with Gasteiger partial charge in [-0.05, 0) is 36.2 Å². The van der Waals surface area contributed by atoms with E-state index in [-0.39, 0.29) is 12.1 Å². The van der Waals surface area contributed by atoms with E-state index in [1.807, 2.05) is 18.2 Å². The average molecular weight is 267 g/mol. The molecule has 4 nitrogen and oxygen atoms in total. The molecular formula is C16H17N3O. The fraction of sp³-hybridized carbons (Fsp3) is 0.188. The summed E-state index contributed by atoms with van der Waals surface area (Å²) in [6.45, 7) is 0. The van der Waals surface area contributed by atoms with Crippen LogP contribution in [0.3, 0.4) is 0 Å². The van der Waals surface area contributed by atoms with Crippen LogP contribution in [-0.2, 0) is 0 Å². The molecule has 1 aliphatic carbocycles. The summed E-state index contributed by atoms with van der Waals surface area (Å²) in [4.78, 5) is 11.9. The highest BCUT2D eigenvalue weighted by Crippen LogP contribution is 2.40. The van der Waals surface area contributed by atoms with Crippen LogP contribution in [0, 0.1) is 0 Å². The van der Waals surface area contributed by atoms with E-state index in [9.17, 15) is 4.79 Å². The number of amides is 2. The van der Waals surface area contributed by atoms with E-state index in [4.69, 9.17) is 5.73 Å². The number of hydrogen-bond acceptors (Lipinski definition) is 2. The van der Waals surface area contributed by atoms with Gasteiger partial charge >= 0.3 is 6.03 Å². The van der Waals surface area contributed by atoms with Gasteiger partial charge in [0.15, 0.2) is 0 Å². The van der Waals surface area contributed by atoms with Crippen molar-refractivity contribution in [2.75, 3.05) is 11.1 Å². The van der Waals surface area contributed by atoms with Crippen molar-refractivity contribution in [3.63, 3.8) is 0 Å². The Bertz CT molecular complexity index is 595. The number of carbonyl (C=O) groups excluding carboxylic acids is 1. The normalized spacial score (nSPS) is 20.2. The average Bonchev–Trinajstić information content (AvgIpc) is 3.21. The fourth-order valence-corrected chi connectivity index (χ4v) is 2.33. The first-order chi connectivity index (χ1) is 9.72. The summed E-state index contributed by atoms with van der Waals surface area (Å²) < 4.78 is 0. The maximum atomic E-state index is 11.9. The van der Waals surface area contributed by atoms with Crippen molar-refractivity contribution in [3.05, 3.63) is 60.2 Å². The van der Waals surface area contributed by atoms with Gasteiger partial charge in [-0.15, -0.1) is 0 Å². The molecule has 2 unspecified atom stereocenters. The van der Waals surface area contributed by atoms with E-state index in [1.165, 1.54) is 5.56 Å². The van der Waals surface area contributed by atoms with Crippen LogP contribution in [0.5, 0.6) is 0 Å². The molecule has 1 aliphatic rings. The highest BCUT2D eigenvalue weighted by molar-refractivity contribution is 5.89. The van der Waals surface area contributed by atoms with Gasteiger partial charge in [0, 0.05) is 23.3 Å². The van der Waals surface area contributed by atoms with Crippen molar-refractivity contribution in [2.24, 2.45) is 0 Å². The predicted octanol–water partition coefficient (Wildman–Crippen LogP) is 2.95. The number of nitrogens with two attached hydrogens (primary N) is 1. The van der Waals surface area contributed by atoms with E-state index in [0.29, 0.717) is 11.6 Å². The minimum Gasteiger partial charge on any atom is -0.399 e. The Labute approximate surface area is 118 Å². The van der Waals surface area contributed by atoms with Gasteiger partial charge in [-0.2, -0.15) is 0 Å². The zero-order valence-electron chi connectivity index (χ0n) is 11.0. The Hall–Kier alpha value is -2.49. The summed E-state index contributed by atoms with van der Waals surface area (Å²) in [5.41, 5.74) is 8.31. The van der Waals surface area contributed by atoms with Crippen LogP contribution in [0.2, 0.25) is 0 Å². The van der Waals surface area contributed by atoms with Crippen molar-refractivity contribution in [1.29, 1.82) is 0 Å². The third kappa shape index (κ3) is 2.91. The lowest BCUT2D eigenvalue weighted by Gasteiger charge is -2.07. The largest absolute Gasteiger partial charge is 0.399 e. The Morgan fingerprint density at radius 2 is 1.75 bits per heavy atom. The standard InChI is InChI=1S/C16H17N3O/c17-12-6-8-13(9-7-12)18-16(20)19-15-10-14(15)11-4-2-1-3-5-11/h1-9,14-15H,10,17H2,(H2,18,19,20). The molecule has 2 atom stereocenters. The number of urea groups is 1. The molecule has 2 aromatic rings. The first kappa shape index (κ1) is 12.5. The third-order valence-corrected chi connectivity index (χ3v) is 3.50. The van der Waals surface area contributed by atoms with Gasteiger partial charge in [-0.1, -0.05) is 30.3 Å². The van der Waals surface area contributed by atoms with E-state index in [1.54, 1.807) is 24.3 Å². The van der Waals surface area contributed by atoms with Crippen LogP contribution < -0.4 is 16.4 Å². The molecule has 2 amide bonds. The Morgan fingerprint density at radius 1 is 1.05 bits per heavy atom. The summed E-state index contributed by atoms with van der Waals surface area (Å²) >= 11 is 0. The molecule has 20 heavy (non-hydrogen) atoms. The second-order valence-corrected chi connectivity index (χ2v) is 5.08. The second kappa shape index (κ2) is 5.25. The molecule has 0 bridgehead atoms. The summed E-state index contributed by atoms with van der Waals surface area (Å²) in [7, 11) is 0. The summed E-state index contributed by atoms with van der Waals surface area (Å²) in [5.74, 6) is 0.438. The van der Waals surface area contributed by atoms with Gasteiger partial charge in [0.2, 0.25) is 0 Å². The van der Waals surface area contributed by atoms with Crippen LogP contribution >= 0.6 is 0 Å². The van der Waals surface area contributed by atoms with Gasteiger partial charge in [-0.3, -0.25) is 0 Å². The molecule has 0 spiro atoms. The van der Waals surface area contributed by atoms with Crippen LogP contribution in [0.1, 0.15) is 17.9 Å². The van der Waals surface area contributed by atoms with Crippen molar-refractivity contribution in [2.45, 2.75) is 18.4 Å². The van der Waals surface area contributed by atoms with Gasteiger partial charge in [0.05, 0.1) is 0 Å². The topological polar surface area (TPSA) is 67.1 Å². The predicted molar refractivity (Wildman–Crippen MR) is 80.6 cm³/mol. The number of hydrogen-bond donors (Lipinski definition) is 3. The minimum absolute atomic E-state index is 0.168. The van der Waals surface area contributed by atoms with Crippen LogP contribution in [0.15, 0.2) is 54.6 Å². The molecule has 1 fully saturated rings. The summed E-state index contributed by atoms with van der Waals surface area (Å²) in [6.07, 6.45) is 0.999. The van der Waals surface area contributed by atoms with Crippen molar-refractivity contribution in [1.82, 2.24) is 5.32 Å². The van der Waals surface area contributed by atoms with Crippen LogP contribution in [-0.4, -0.2) is 12.1 Å². The van der Waals surface area contributed by atoms with Crippen LogP contribution in [0.25, 0.3) is 0 Å². The molecule has 2 aromatic carbocycles. The number of nitrogens with one attached hydrogen (secondary N) is 2. The second-order valence-electron chi connectivity index (χ2n) is 5.08. The maximum absolute atomic E-state index is 11.9. The number of benzene rings is 2. The molecule has 1 saturated carbocycles. The monoisotopic (exact) mass is 267 g/mol. The molecule has 3 rings (SSSR count). The van der Waals surface area contributed by atoms with Crippen molar-refractivity contribution < 1.29 is 4.79 Å². The lowest BCUT2D eigenvalue weighted by atomic mass is 10.1. The smallest absolute Gasteiger partial charge is 0.319 e. The lowest BCUT2D eigenvalue weighted by molar-refractivity contribution is 0.251. The Morgan fingerprint density at radius 3 is 2.45 bits per heavy atom. The van der Waals surface area contributed by atoms with Gasteiger partial charge in [-0.25, -0.2) is 4.79 Å². The van der Waals surface area contributed by atoms with E-state index < -0.39 is 0 Å². The Balaban J connectivity index is 1.52. The van der Waals surface area contributed by atoms with Gasteiger partial charge in [0.25, 0.3) is 0 Å². The molecule has 0 aromatic heterocycles. The SMILES string of the molecule is Nc1ccc(NC(=O)NC2CC2c2ccccc2)cc1. The van der Waals surface area contributed by atoms with Crippen molar-refractivity contribution >= 4 is 17.4 Å². The van der Waals surface area contributed by atoms with Gasteiger partial charge < -0.3 is 16.4 Å². The maximum Gasteiger partial charge on any atom is 0.319 e. The Kier molecular flexibility index (Phi) is 3.29. The number of rotatable bonds is 3. The molecule has 4 N–H and O–H groups in total. The summed E-state index contributed by atoms with van der Waals surface area (Å²) in [6, 6.07) is 17.4. The lowest BCUT2D eigenvalue weighted by Crippen LogP contribution is -2.31. The van der Waals surface area contributed by atoms with E-state index in [0.717, 1.165) is 12.1 Å². The molecular weight excluding hydrogens is 250 g/mol. The zero-order chi connectivity index (χ0) is 13.9. The quantitative estimate of drug-likeness (QED) is 0.748. The molecule has 0 saturated heterocycles. The van der Waals surface area contributed by atoms with Gasteiger partial charge in [0.1, 0.15) is 0 Å². The van der Waals surface area contributed by atoms with E-state index >= 15 is 0 Å². The number of nitrogen functional groups attached to an aromatic ring is 1. The molecule has 0 aliphatic heterocycles. The fourth-order valence-electron chi connectivity index (χ4n) is 2.33. The number of carbonyl (C=O) groups is 1. The summed E-state index contributed by atoms with van der Waals surface area (Å²) in [5, 5.41) is 5.79. The number of anilines is 2. The van der Waals surface area contributed by atoms with E-state index in [2.05, 4.69) is 22.8 Å².